The number of unbranched alkanes of at least 4 members (excludes halogenated alkanes) is 5. The number of aryl methyl sites for hydroxylation is 3. The molecule has 0 atom stereocenters. The van der Waals surface area contributed by atoms with Gasteiger partial charge < -0.3 is 22.3 Å². The minimum atomic E-state index is -0.0278. The molecule has 6 heteroatoms. The molecule has 1 aromatic carbocycles. The number of ketones is 1. The first-order chi connectivity index (χ1) is 15.6. The van der Waals surface area contributed by atoms with E-state index in [1.54, 1.807) is 12.3 Å². The SMILES string of the molecule is CCCCCCCC[n+]1ccc(-c2nc(C)c(C(=O)/C=C\Nc3ccc(C)cc3)s2)cc1.[Br-]. The first kappa shape index (κ1) is 26.9. The molecule has 2 aromatic heterocycles. The maximum absolute atomic E-state index is 12.7. The molecule has 0 unspecified atom stereocenters. The van der Waals surface area contributed by atoms with Crippen molar-refractivity contribution in [1.82, 2.24) is 4.98 Å². The summed E-state index contributed by atoms with van der Waals surface area (Å²) in [5.74, 6) is -0.0278. The van der Waals surface area contributed by atoms with Crippen molar-refractivity contribution in [2.24, 2.45) is 0 Å². The third kappa shape index (κ3) is 8.52. The molecule has 2 heterocycles. The summed E-state index contributed by atoms with van der Waals surface area (Å²) in [5, 5.41) is 4.03. The number of hydrogen-bond acceptors (Lipinski definition) is 4. The Hall–Kier alpha value is -2.31. The van der Waals surface area contributed by atoms with Crippen molar-refractivity contribution >= 4 is 22.8 Å². The normalized spacial score (nSPS) is 10.9. The molecule has 0 aliphatic heterocycles. The van der Waals surface area contributed by atoms with E-state index in [9.17, 15) is 4.79 Å². The van der Waals surface area contributed by atoms with Crippen LogP contribution in [-0.2, 0) is 6.54 Å². The van der Waals surface area contributed by atoms with Crippen LogP contribution in [0.2, 0.25) is 0 Å². The van der Waals surface area contributed by atoms with E-state index in [4.69, 9.17) is 0 Å². The first-order valence-corrected chi connectivity index (χ1v) is 12.4. The highest BCUT2D eigenvalue weighted by Crippen LogP contribution is 2.28. The number of rotatable bonds is 12. The molecule has 0 bridgehead atoms. The van der Waals surface area contributed by atoms with E-state index >= 15 is 0 Å². The number of carbonyl (C=O) groups excluding carboxylic acids is 1. The molecule has 0 spiro atoms. The number of thiazole rings is 1. The van der Waals surface area contributed by atoms with Crippen LogP contribution < -0.4 is 26.9 Å². The number of aromatic nitrogens is 2. The molecule has 0 amide bonds. The molecular formula is C27H34BrN3OS. The van der Waals surface area contributed by atoms with E-state index in [0.29, 0.717) is 4.88 Å². The van der Waals surface area contributed by atoms with Crippen LogP contribution >= 0.6 is 11.3 Å². The zero-order chi connectivity index (χ0) is 22.8. The summed E-state index contributed by atoms with van der Waals surface area (Å²) in [6.45, 7) is 7.25. The van der Waals surface area contributed by atoms with Gasteiger partial charge in [0.1, 0.15) is 11.6 Å². The number of halogens is 1. The van der Waals surface area contributed by atoms with Gasteiger partial charge in [0.2, 0.25) is 0 Å². The number of nitrogens with zero attached hydrogens (tertiary/aromatic N) is 2. The van der Waals surface area contributed by atoms with E-state index in [2.05, 4.69) is 53.2 Å². The van der Waals surface area contributed by atoms with Gasteiger partial charge in [-0.05, 0) is 32.4 Å². The van der Waals surface area contributed by atoms with Crippen LogP contribution in [0.5, 0.6) is 0 Å². The molecule has 3 rings (SSSR count). The highest BCUT2D eigenvalue weighted by atomic mass is 79.9. The standard InChI is InChI=1S/C27H33N3OS.BrH/c1-4-5-6-7-8-9-18-30-19-15-23(16-20-30)27-29-22(3)26(32-27)25(31)14-17-28-24-12-10-21(2)11-13-24;/h10-17,19-20H,4-9,18H2,1-3H3;1H. The van der Waals surface area contributed by atoms with Gasteiger partial charge >= 0.3 is 0 Å². The lowest BCUT2D eigenvalue weighted by Gasteiger charge is -2.00. The van der Waals surface area contributed by atoms with Crippen molar-refractivity contribution in [3.05, 3.63) is 77.2 Å². The van der Waals surface area contributed by atoms with E-state index in [1.807, 2.05) is 31.2 Å². The van der Waals surface area contributed by atoms with Crippen LogP contribution in [0.3, 0.4) is 0 Å². The molecule has 0 aliphatic carbocycles. The molecule has 0 saturated carbocycles. The van der Waals surface area contributed by atoms with Crippen molar-refractivity contribution in [2.75, 3.05) is 5.32 Å². The molecule has 33 heavy (non-hydrogen) atoms. The van der Waals surface area contributed by atoms with Gasteiger partial charge in [0.25, 0.3) is 0 Å². The van der Waals surface area contributed by atoms with Gasteiger partial charge in [-0.15, -0.1) is 11.3 Å². The molecule has 0 saturated heterocycles. The largest absolute Gasteiger partial charge is 1.00 e. The lowest BCUT2D eigenvalue weighted by Crippen LogP contribution is -3.00. The molecule has 0 aliphatic rings. The third-order valence-electron chi connectivity index (χ3n) is 5.46. The zero-order valence-electron chi connectivity index (χ0n) is 19.8. The van der Waals surface area contributed by atoms with Gasteiger partial charge in [-0.25, -0.2) is 9.55 Å². The van der Waals surface area contributed by atoms with Crippen molar-refractivity contribution in [3.8, 4) is 10.6 Å². The Morgan fingerprint density at radius 2 is 1.67 bits per heavy atom. The Bertz CT molecular complexity index is 1030. The number of anilines is 1. The van der Waals surface area contributed by atoms with Crippen LogP contribution in [0.4, 0.5) is 5.69 Å². The van der Waals surface area contributed by atoms with Gasteiger partial charge in [-0.3, -0.25) is 4.79 Å². The second-order valence-corrected chi connectivity index (χ2v) is 9.23. The van der Waals surface area contributed by atoms with Crippen LogP contribution in [0.1, 0.15) is 66.4 Å². The topological polar surface area (TPSA) is 45.9 Å². The summed E-state index contributed by atoms with van der Waals surface area (Å²) in [4.78, 5) is 18.0. The predicted octanol–water partition coefficient (Wildman–Crippen LogP) is 3.89. The van der Waals surface area contributed by atoms with Crippen molar-refractivity contribution in [2.45, 2.75) is 65.8 Å². The molecule has 176 valence electrons. The van der Waals surface area contributed by atoms with Gasteiger partial charge in [0.15, 0.2) is 18.2 Å². The fraction of sp³-hybridized carbons (Fsp3) is 0.370. The maximum atomic E-state index is 12.7. The molecule has 3 aromatic rings. The molecular weight excluding hydrogens is 494 g/mol. The quantitative estimate of drug-likeness (QED) is 0.168. The minimum Gasteiger partial charge on any atom is -1.00 e. The van der Waals surface area contributed by atoms with Crippen molar-refractivity contribution in [3.63, 3.8) is 0 Å². The Balaban J connectivity index is 0.00000385. The number of nitrogens with one attached hydrogen (secondary N) is 1. The number of carbonyl (C=O) groups is 1. The second-order valence-electron chi connectivity index (χ2n) is 8.23. The van der Waals surface area contributed by atoms with E-state index in [1.165, 1.54) is 55.4 Å². The number of benzene rings is 1. The van der Waals surface area contributed by atoms with Crippen LogP contribution in [0, 0.1) is 13.8 Å². The zero-order valence-corrected chi connectivity index (χ0v) is 22.2. The minimum absolute atomic E-state index is 0. The fourth-order valence-corrected chi connectivity index (χ4v) is 4.50. The van der Waals surface area contributed by atoms with E-state index in [-0.39, 0.29) is 22.8 Å². The summed E-state index contributed by atoms with van der Waals surface area (Å²) in [6.07, 6.45) is 15.3. The molecule has 1 N–H and O–H groups in total. The maximum Gasteiger partial charge on any atom is 0.199 e. The van der Waals surface area contributed by atoms with E-state index < -0.39 is 0 Å². The lowest BCUT2D eigenvalue weighted by atomic mass is 10.1. The van der Waals surface area contributed by atoms with Gasteiger partial charge in [-0.1, -0.05) is 50.3 Å². The Morgan fingerprint density at radius 1 is 1.00 bits per heavy atom. The van der Waals surface area contributed by atoms with Crippen LogP contribution in [0.25, 0.3) is 10.6 Å². The summed E-state index contributed by atoms with van der Waals surface area (Å²) < 4.78 is 2.23. The summed E-state index contributed by atoms with van der Waals surface area (Å²) in [7, 11) is 0. The van der Waals surface area contributed by atoms with Crippen LogP contribution in [-0.4, -0.2) is 10.8 Å². The van der Waals surface area contributed by atoms with Gasteiger partial charge in [-0.2, -0.15) is 0 Å². The van der Waals surface area contributed by atoms with E-state index in [0.717, 1.165) is 28.5 Å². The molecule has 0 radical (unpaired) electrons. The smallest absolute Gasteiger partial charge is 0.199 e. The molecule has 0 fully saturated rings. The van der Waals surface area contributed by atoms with Gasteiger partial charge in [0.05, 0.1) is 10.6 Å². The number of pyridine rings is 1. The average molecular weight is 529 g/mol. The van der Waals surface area contributed by atoms with Crippen molar-refractivity contribution in [1.29, 1.82) is 0 Å². The van der Waals surface area contributed by atoms with Gasteiger partial charge in [0, 0.05) is 42.1 Å². The Labute approximate surface area is 212 Å². The summed E-state index contributed by atoms with van der Waals surface area (Å²) in [6, 6.07) is 12.3. The summed E-state index contributed by atoms with van der Waals surface area (Å²) >= 11 is 1.45. The highest BCUT2D eigenvalue weighted by molar-refractivity contribution is 7.17. The highest BCUT2D eigenvalue weighted by Gasteiger charge is 2.15. The Morgan fingerprint density at radius 3 is 2.36 bits per heavy atom. The van der Waals surface area contributed by atoms with Crippen molar-refractivity contribution < 1.29 is 26.3 Å². The molecule has 4 nitrogen and oxygen atoms in total. The summed E-state index contributed by atoms with van der Waals surface area (Å²) in [5.41, 5.74) is 3.99. The number of allylic oxidation sites excluding steroid dienone is 1. The third-order valence-corrected chi connectivity index (χ3v) is 6.69. The number of hydrogen-bond donors (Lipinski definition) is 1. The predicted molar refractivity (Wildman–Crippen MR) is 134 cm³/mol. The monoisotopic (exact) mass is 527 g/mol. The average Bonchev–Trinajstić information content (AvgIpc) is 3.19. The Kier molecular flexibility index (Phi) is 11.5. The van der Waals surface area contributed by atoms with Crippen LogP contribution in [0.15, 0.2) is 61.1 Å². The lowest BCUT2D eigenvalue weighted by molar-refractivity contribution is -0.697. The second kappa shape index (κ2) is 14.1. The fourth-order valence-electron chi connectivity index (χ4n) is 3.51. The first-order valence-electron chi connectivity index (χ1n) is 11.6.